The highest BCUT2D eigenvalue weighted by Gasteiger charge is 2.27. The molecule has 0 aliphatic carbocycles. The number of carbonyl (C=O) groups excluding carboxylic acids is 2. The molecular weight excluding hydrogens is 276 g/mol. The number of hydrogen-bond acceptors (Lipinski definition) is 4. The first kappa shape index (κ1) is 15.0. The third-order valence-electron chi connectivity index (χ3n) is 3.49. The molecule has 1 fully saturated rings. The van der Waals surface area contributed by atoms with Crippen LogP contribution >= 0.6 is 11.3 Å². The van der Waals surface area contributed by atoms with Gasteiger partial charge in [-0.3, -0.25) is 9.59 Å². The third kappa shape index (κ3) is 3.80. The molecule has 0 atom stereocenters. The number of rotatable bonds is 5. The summed E-state index contributed by atoms with van der Waals surface area (Å²) in [5.74, 6) is 0.169. The van der Waals surface area contributed by atoms with Gasteiger partial charge in [0.1, 0.15) is 0 Å². The van der Waals surface area contributed by atoms with Crippen molar-refractivity contribution < 1.29 is 14.3 Å². The standard InChI is InChI=1S/C14H20N2O3S/c1-19-9-6-15-13(17)11-4-7-16(8-5-11)14(18)12-3-2-10-20-12/h2-3,10-11H,4-9H2,1H3,(H,15,17). The maximum atomic E-state index is 12.2. The second-order valence-corrected chi connectivity index (χ2v) is 5.78. The Bertz CT molecular complexity index is 439. The lowest BCUT2D eigenvalue weighted by Crippen LogP contribution is -2.43. The Hall–Kier alpha value is -1.40. The molecule has 5 nitrogen and oxygen atoms in total. The van der Waals surface area contributed by atoms with E-state index >= 15 is 0 Å². The summed E-state index contributed by atoms with van der Waals surface area (Å²) in [4.78, 5) is 26.7. The van der Waals surface area contributed by atoms with E-state index in [0.29, 0.717) is 26.2 Å². The van der Waals surface area contributed by atoms with Gasteiger partial charge in [-0.1, -0.05) is 6.07 Å². The molecule has 0 radical (unpaired) electrons. The molecule has 1 aliphatic heterocycles. The van der Waals surface area contributed by atoms with Gasteiger partial charge in [0.05, 0.1) is 11.5 Å². The number of nitrogens with zero attached hydrogens (tertiary/aromatic N) is 1. The van der Waals surface area contributed by atoms with Crippen LogP contribution in [0.15, 0.2) is 17.5 Å². The molecule has 1 N–H and O–H groups in total. The summed E-state index contributed by atoms with van der Waals surface area (Å²) in [7, 11) is 1.61. The first-order chi connectivity index (χ1) is 9.72. The molecule has 0 aromatic carbocycles. The molecule has 2 amide bonds. The number of carbonyl (C=O) groups is 2. The van der Waals surface area contributed by atoms with Crippen molar-refractivity contribution in [3.8, 4) is 0 Å². The van der Waals surface area contributed by atoms with Gasteiger partial charge in [-0.2, -0.15) is 0 Å². The van der Waals surface area contributed by atoms with Crippen molar-refractivity contribution >= 4 is 23.2 Å². The van der Waals surface area contributed by atoms with Gasteiger partial charge in [-0.05, 0) is 24.3 Å². The van der Waals surface area contributed by atoms with E-state index < -0.39 is 0 Å². The predicted molar refractivity (Wildman–Crippen MR) is 77.8 cm³/mol. The van der Waals surface area contributed by atoms with E-state index in [0.717, 1.165) is 17.7 Å². The van der Waals surface area contributed by atoms with Crippen molar-refractivity contribution in [1.29, 1.82) is 0 Å². The van der Waals surface area contributed by atoms with E-state index in [9.17, 15) is 9.59 Å². The maximum Gasteiger partial charge on any atom is 0.263 e. The summed E-state index contributed by atoms with van der Waals surface area (Å²) in [6.45, 7) is 2.38. The molecule has 1 aromatic heterocycles. The maximum absolute atomic E-state index is 12.2. The van der Waals surface area contributed by atoms with Gasteiger partial charge in [0.25, 0.3) is 5.91 Å². The second-order valence-electron chi connectivity index (χ2n) is 4.83. The van der Waals surface area contributed by atoms with Gasteiger partial charge >= 0.3 is 0 Å². The number of amides is 2. The Morgan fingerprint density at radius 2 is 2.20 bits per heavy atom. The molecule has 0 spiro atoms. The zero-order valence-corrected chi connectivity index (χ0v) is 12.4. The van der Waals surface area contributed by atoms with Gasteiger partial charge < -0.3 is 15.0 Å². The van der Waals surface area contributed by atoms with Gasteiger partial charge in [0.15, 0.2) is 0 Å². The van der Waals surface area contributed by atoms with Gasteiger partial charge in [0.2, 0.25) is 5.91 Å². The van der Waals surface area contributed by atoms with Crippen LogP contribution in [0.4, 0.5) is 0 Å². The summed E-state index contributed by atoms with van der Waals surface area (Å²) in [6, 6.07) is 3.73. The lowest BCUT2D eigenvalue weighted by molar-refractivity contribution is -0.126. The van der Waals surface area contributed by atoms with Crippen LogP contribution in [0.25, 0.3) is 0 Å². The molecule has 20 heavy (non-hydrogen) atoms. The molecule has 1 aromatic rings. The molecule has 0 bridgehead atoms. The Kier molecular flexibility index (Phi) is 5.55. The average molecular weight is 296 g/mol. The van der Waals surface area contributed by atoms with Crippen molar-refractivity contribution in [3.63, 3.8) is 0 Å². The quantitative estimate of drug-likeness (QED) is 0.835. The summed E-state index contributed by atoms with van der Waals surface area (Å²) < 4.78 is 4.90. The predicted octanol–water partition coefficient (Wildman–Crippen LogP) is 1.36. The van der Waals surface area contributed by atoms with Gasteiger partial charge in [-0.25, -0.2) is 0 Å². The fourth-order valence-corrected chi connectivity index (χ4v) is 3.01. The van der Waals surface area contributed by atoms with Crippen LogP contribution in [-0.2, 0) is 9.53 Å². The van der Waals surface area contributed by atoms with E-state index in [1.54, 1.807) is 7.11 Å². The smallest absolute Gasteiger partial charge is 0.263 e. The first-order valence-corrected chi connectivity index (χ1v) is 7.69. The van der Waals surface area contributed by atoms with Crippen molar-refractivity contribution in [2.24, 2.45) is 5.92 Å². The zero-order valence-electron chi connectivity index (χ0n) is 11.6. The van der Waals surface area contributed by atoms with E-state index in [4.69, 9.17) is 4.74 Å². The second kappa shape index (κ2) is 7.40. The van der Waals surface area contributed by atoms with Crippen molar-refractivity contribution in [3.05, 3.63) is 22.4 Å². The highest BCUT2D eigenvalue weighted by atomic mass is 32.1. The van der Waals surface area contributed by atoms with E-state index in [-0.39, 0.29) is 17.7 Å². The molecule has 6 heteroatoms. The fourth-order valence-electron chi connectivity index (χ4n) is 2.32. The van der Waals surface area contributed by atoms with Gasteiger partial charge in [-0.15, -0.1) is 11.3 Å². The van der Waals surface area contributed by atoms with Crippen LogP contribution in [0.2, 0.25) is 0 Å². The Morgan fingerprint density at radius 1 is 1.45 bits per heavy atom. The Balaban J connectivity index is 1.77. The number of ether oxygens (including phenoxy) is 1. The first-order valence-electron chi connectivity index (χ1n) is 6.82. The van der Waals surface area contributed by atoms with Crippen molar-refractivity contribution in [2.45, 2.75) is 12.8 Å². The van der Waals surface area contributed by atoms with Crippen LogP contribution in [0.5, 0.6) is 0 Å². The molecule has 0 unspecified atom stereocenters. The molecule has 2 rings (SSSR count). The molecule has 2 heterocycles. The largest absolute Gasteiger partial charge is 0.383 e. The van der Waals surface area contributed by atoms with Crippen molar-refractivity contribution in [1.82, 2.24) is 10.2 Å². The minimum atomic E-state index is 0.0132. The number of thiophene rings is 1. The third-order valence-corrected chi connectivity index (χ3v) is 4.35. The number of likely N-dealkylation sites (tertiary alicyclic amines) is 1. The molecule has 1 saturated heterocycles. The molecule has 110 valence electrons. The van der Waals surface area contributed by atoms with Crippen LogP contribution in [0, 0.1) is 5.92 Å². The summed E-state index contributed by atoms with van der Waals surface area (Å²) in [5, 5.41) is 4.77. The SMILES string of the molecule is COCCNC(=O)C1CCN(C(=O)c2cccs2)CC1. The van der Waals surface area contributed by atoms with E-state index in [1.807, 2.05) is 22.4 Å². The summed E-state index contributed by atoms with van der Waals surface area (Å²) in [6.07, 6.45) is 1.46. The Labute approximate surface area is 122 Å². The minimum Gasteiger partial charge on any atom is -0.383 e. The number of methoxy groups -OCH3 is 1. The normalized spacial score (nSPS) is 16.1. The van der Waals surface area contributed by atoms with E-state index in [1.165, 1.54) is 11.3 Å². The van der Waals surface area contributed by atoms with Crippen molar-refractivity contribution in [2.75, 3.05) is 33.4 Å². The van der Waals surface area contributed by atoms with Crippen LogP contribution in [-0.4, -0.2) is 50.1 Å². The molecule has 1 aliphatic rings. The van der Waals surface area contributed by atoms with Gasteiger partial charge in [0, 0.05) is 32.7 Å². The highest BCUT2D eigenvalue weighted by Crippen LogP contribution is 2.20. The number of hydrogen-bond donors (Lipinski definition) is 1. The monoisotopic (exact) mass is 296 g/mol. The number of nitrogens with one attached hydrogen (secondary N) is 1. The Morgan fingerprint density at radius 3 is 2.80 bits per heavy atom. The average Bonchev–Trinajstić information content (AvgIpc) is 3.01. The summed E-state index contributed by atoms with van der Waals surface area (Å²) >= 11 is 1.46. The van der Waals surface area contributed by atoms with Crippen LogP contribution < -0.4 is 5.32 Å². The van der Waals surface area contributed by atoms with E-state index in [2.05, 4.69) is 5.32 Å². The van der Waals surface area contributed by atoms with Crippen LogP contribution in [0.1, 0.15) is 22.5 Å². The lowest BCUT2D eigenvalue weighted by Gasteiger charge is -2.31. The fraction of sp³-hybridized carbons (Fsp3) is 0.571. The summed E-state index contributed by atoms with van der Waals surface area (Å²) in [5.41, 5.74) is 0. The minimum absolute atomic E-state index is 0.0132. The topological polar surface area (TPSA) is 58.6 Å². The highest BCUT2D eigenvalue weighted by molar-refractivity contribution is 7.12. The van der Waals surface area contributed by atoms with Crippen LogP contribution in [0.3, 0.4) is 0 Å². The zero-order chi connectivity index (χ0) is 14.4. The lowest BCUT2D eigenvalue weighted by atomic mass is 9.96. The number of piperidine rings is 1. The molecule has 0 saturated carbocycles. The molecular formula is C14H20N2O3S.